The average Bonchev–Trinajstić information content (AvgIpc) is 2.26. The smallest absolute Gasteiger partial charge is 0.319 e. The maximum absolute atomic E-state index is 11.5. The molecule has 0 unspecified atom stereocenters. The summed E-state index contributed by atoms with van der Waals surface area (Å²) in [7, 11) is 0. The minimum absolute atomic E-state index is 0.0899. The van der Waals surface area contributed by atoms with Crippen LogP contribution < -0.4 is 21.1 Å². The van der Waals surface area contributed by atoms with E-state index in [0.29, 0.717) is 24.6 Å². The number of carbonyl (C=O) groups is 1. The second-order valence-corrected chi connectivity index (χ2v) is 3.89. The summed E-state index contributed by atoms with van der Waals surface area (Å²) < 4.78 is 5.42. The standard InChI is InChI=1S/C12H19N3O2/c1-9(2)14-12(16)15-10-5-3-4-6-11(10)17-8-7-13/h3-6,9H,7-8,13H2,1-2H3,(H2,14,15,16). The maximum Gasteiger partial charge on any atom is 0.319 e. The van der Waals surface area contributed by atoms with Crippen LogP contribution in [-0.4, -0.2) is 25.2 Å². The van der Waals surface area contributed by atoms with E-state index in [1.165, 1.54) is 0 Å². The highest BCUT2D eigenvalue weighted by atomic mass is 16.5. The van der Waals surface area contributed by atoms with Crippen molar-refractivity contribution in [3.05, 3.63) is 24.3 Å². The van der Waals surface area contributed by atoms with Crippen molar-refractivity contribution in [2.24, 2.45) is 5.73 Å². The lowest BCUT2D eigenvalue weighted by Crippen LogP contribution is -2.34. The van der Waals surface area contributed by atoms with E-state index in [9.17, 15) is 4.79 Å². The predicted molar refractivity (Wildman–Crippen MR) is 68.3 cm³/mol. The number of nitrogens with two attached hydrogens (primary N) is 1. The van der Waals surface area contributed by atoms with Gasteiger partial charge in [-0.2, -0.15) is 0 Å². The summed E-state index contributed by atoms with van der Waals surface area (Å²) in [5, 5.41) is 5.48. The first-order chi connectivity index (χ1) is 8.13. The van der Waals surface area contributed by atoms with Gasteiger partial charge in [0.25, 0.3) is 0 Å². The second-order valence-electron chi connectivity index (χ2n) is 3.89. The van der Waals surface area contributed by atoms with E-state index in [4.69, 9.17) is 10.5 Å². The summed E-state index contributed by atoms with van der Waals surface area (Å²) in [5.74, 6) is 0.622. The van der Waals surface area contributed by atoms with Gasteiger partial charge < -0.3 is 21.1 Å². The fraction of sp³-hybridized carbons (Fsp3) is 0.417. The third kappa shape index (κ3) is 4.74. The van der Waals surface area contributed by atoms with Crippen molar-refractivity contribution in [2.45, 2.75) is 19.9 Å². The molecule has 0 fully saturated rings. The second kappa shape index (κ2) is 6.75. The average molecular weight is 237 g/mol. The Morgan fingerprint density at radius 3 is 2.76 bits per heavy atom. The van der Waals surface area contributed by atoms with Crippen LogP contribution in [0.1, 0.15) is 13.8 Å². The molecular formula is C12H19N3O2. The van der Waals surface area contributed by atoms with Crippen molar-refractivity contribution in [2.75, 3.05) is 18.5 Å². The van der Waals surface area contributed by atoms with Crippen LogP contribution in [0.2, 0.25) is 0 Å². The van der Waals surface area contributed by atoms with Gasteiger partial charge >= 0.3 is 6.03 Å². The summed E-state index contributed by atoms with van der Waals surface area (Å²) in [6.07, 6.45) is 0. The number of rotatable bonds is 5. The van der Waals surface area contributed by atoms with Crippen molar-refractivity contribution in [3.8, 4) is 5.75 Å². The lowest BCUT2D eigenvalue weighted by Gasteiger charge is -2.13. The molecule has 0 heterocycles. The quantitative estimate of drug-likeness (QED) is 0.727. The zero-order valence-corrected chi connectivity index (χ0v) is 10.2. The largest absolute Gasteiger partial charge is 0.490 e. The van der Waals surface area contributed by atoms with Crippen LogP contribution in [0.5, 0.6) is 5.75 Å². The van der Waals surface area contributed by atoms with Gasteiger partial charge in [-0.3, -0.25) is 0 Å². The molecule has 0 radical (unpaired) electrons. The molecule has 0 aliphatic rings. The van der Waals surface area contributed by atoms with Crippen LogP contribution in [0.25, 0.3) is 0 Å². The van der Waals surface area contributed by atoms with Crippen LogP contribution >= 0.6 is 0 Å². The molecule has 0 atom stereocenters. The summed E-state index contributed by atoms with van der Waals surface area (Å²) >= 11 is 0. The molecule has 17 heavy (non-hydrogen) atoms. The predicted octanol–water partition coefficient (Wildman–Crippen LogP) is 1.55. The normalized spacial score (nSPS) is 10.1. The number of carbonyl (C=O) groups excluding carboxylic acids is 1. The molecule has 94 valence electrons. The minimum atomic E-state index is -0.246. The number of urea groups is 1. The SMILES string of the molecule is CC(C)NC(=O)Nc1ccccc1OCCN. The Hall–Kier alpha value is -1.75. The Labute approximate surface area is 101 Å². The molecule has 1 aromatic rings. The molecule has 5 nitrogen and oxygen atoms in total. The first-order valence-electron chi connectivity index (χ1n) is 5.63. The Balaban J connectivity index is 2.65. The third-order valence-electron chi connectivity index (χ3n) is 1.93. The van der Waals surface area contributed by atoms with Crippen molar-refractivity contribution in [1.29, 1.82) is 0 Å². The number of amides is 2. The molecule has 4 N–H and O–H groups in total. The van der Waals surface area contributed by atoms with Crippen LogP contribution in [0, 0.1) is 0 Å². The lowest BCUT2D eigenvalue weighted by atomic mass is 10.3. The first kappa shape index (κ1) is 13.3. The molecule has 1 aromatic carbocycles. The summed E-state index contributed by atoms with van der Waals surface area (Å²) in [6, 6.07) is 7.10. The molecule has 5 heteroatoms. The van der Waals surface area contributed by atoms with E-state index in [-0.39, 0.29) is 12.1 Å². The number of nitrogens with one attached hydrogen (secondary N) is 2. The highest BCUT2D eigenvalue weighted by Gasteiger charge is 2.07. The fourth-order valence-corrected chi connectivity index (χ4v) is 1.29. The molecule has 0 aliphatic carbocycles. The molecule has 0 aromatic heterocycles. The van der Waals surface area contributed by atoms with Gasteiger partial charge in [0.05, 0.1) is 5.69 Å². The van der Waals surface area contributed by atoms with Gasteiger partial charge in [-0.25, -0.2) is 4.79 Å². The molecule has 0 saturated carbocycles. The van der Waals surface area contributed by atoms with E-state index >= 15 is 0 Å². The van der Waals surface area contributed by atoms with E-state index in [2.05, 4.69) is 10.6 Å². The Bertz CT molecular complexity index is 367. The monoisotopic (exact) mass is 237 g/mol. The van der Waals surface area contributed by atoms with Gasteiger partial charge in [0.2, 0.25) is 0 Å². The summed E-state index contributed by atoms with van der Waals surface area (Å²) in [4.78, 5) is 11.5. The number of hydrogen-bond acceptors (Lipinski definition) is 3. The number of ether oxygens (including phenoxy) is 1. The van der Waals surface area contributed by atoms with Crippen LogP contribution in [0.15, 0.2) is 24.3 Å². The lowest BCUT2D eigenvalue weighted by molar-refractivity contribution is 0.249. The fourth-order valence-electron chi connectivity index (χ4n) is 1.29. The van der Waals surface area contributed by atoms with Crippen LogP contribution in [0.4, 0.5) is 10.5 Å². The van der Waals surface area contributed by atoms with Gasteiger partial charge in [-0.15, -0.1) is 0 Å². The molecular weight excluding hydrogens is 218 g/mol. The highest BCUT2D eigenvalue weighted by Crippen LogP contribution is 2.23. The van der Waals surface area contributed by atoms with Crippen molar-refractivity contribution in [3.63, 3.8) is 0 Å². The Kier molecular flexibility index (Phi) is 5.29. The van der Waals surface area contributed by atoms with Gasteiger partial charge in [0.15, 0.2) is 0 Å². The Morgan fingerprint density at radius 1 is 1.41 bits per heavy atom. The first-order valence-corrected chi connectivity index (χ1v) is 5.63. The van der Waals surface area contributed by atoms with E-state index in [0.717, 1.165) is 0 Å². The topological polar surface area (TPSA) is 76.4 Å². The molecule has 0 bridgehead atoms. The molecule has 0 aliphatic heterocycles. The van der Waals surface area contributed by atoms with Gasteiger partial charge in [-0.05, 0) is 26.0 Å². The molecule has 0 saturated heterocycles. The zero-order chi connectivity index (χ0) is 12.7. The molecule has 2 amide bonds. The molecule has 1 rings (SSSR count). The number of benzene rings is 1. The highest BCUT2D eigenvalue weighted by molar-refractivity contribution is 5.91. The molecule has 0 spiro atoms. The minimum Gasteiger partial charge on any atom is -0.490 e. The maximum atomic E-state index is 11.5. The van der Waals surface area contributed by atoms with E-state index < -0.39 is 0 Å². The van der Waals surface area contributed by atoms with Gasteiger partial charge in [-0.1, -0.05) is 12.1 Å². The number of anilines is 1. The number of para-hydroxylation sites is 2. The summed E-state index contributed by atoms with van der Waals surface area (Å²) in [5.41, 5.74) is 6.01. The van der Waals surface area contributed by atoms with Gasteiger partial charge in [0.1, 0.15) is 12.4 Å². The zero-order valence-electron chi connectivity index (χ0n) is 10.2. The van der Waals surface area contributed by atoms with Gasteiger partial charge in [0, 0.05) is 12.6 Å². The Morgan fingerprint density at radius 2 is 2.12 bits per heavy atom. The van der Waals surface area contributed by atoms with Crippen molar-refractivity contribution in [1.82, 2.24) is 5.32 Å². The van der Waals surface area contributed by atoms with Crippen LogP contribution in [0.3, 0.4) is 0 Å². The summed E-state index contributed by atoms with van der Waals surface area (Å²) in [6.45, 7) is 4.66. The van der Waals surface area contributed by atoms with Crippen molar-refractivity contribution < 1.29 is 9.53 Å². The van der Waals surface area contributed by atoms with Crippen molar-refractivity contribution >= 4 is 11.7 Å². The third-order valence-corrected chi connectivity index (χ3v) is 1.93. The van der Waals surface area contributed by atoms with E-state index in [1.807, 2.05) is 26.0 Å². The number of hydrogen-bond donors (Lipinski definition) is 3. The van der Waals surface area contributed by atoms with Crippen LogP contribution in [-0.2, 0) is 0 Å². The van der Waals surface area contributed by atoms with E-state index in [1.54, 1.807) is 12.1 Å².